The minimum atomic E-state index is -3.33. The predicted molar refractivity (Wildman–Crippen MR) is 194 cm³/mol. The number of rotatable bonds is 4. The van der Waals surface area contributed by atoms with Gasteiger partial charge >= 0.3 is 0 Å². The second-order valence-corrected chi connectivity index (χ2v) is 13.7. The average molecular weight is 708 g/mol. The molecule has 6 aromatic rings. The Morgan fingerprint density at radius 3 is 1.74 bits per heavy atom. The molecule has 0 saturated carbocycles. The third kappa shape index (κ3) is 6.70. The van der Waals surface area contributed by atoms with E-state index in [1.807, 2.05) is 54.6 Å². The van der Waals surface area contributed by atoms with E-state index in [0.717, 1.165) is 76.5 Å². The molecule has 0 fully saturated rings. The second kappa shape index (κ2) is 13.0. The van der Waals surface area contributed by atoms with E-state index in [-0.39, 0.29) is 12.4 Å². The number of hydrogen-bond acceptors (Lipinski definition) is 9. The van der Waals surface area contributed by atoms with Crippen molar-refractivity contribution in [1.82, 2.24) is 19.9 Å². The first-order chi connectivity index (χ1) is 22.1. The van der Waals surface area contributed by atoms with Gasteiger partial charge in [0.05, 0.1) is 23.0 Å². The van der Waals surface area contributed by atoms with Crippen molar-refractivity contribution in [3.63, 3.8) is 0 Å². The highest BCUT2D eigenvalue weighted by Crippen LogP contribution is 2.39. The van der Waals surface area contributed by atoms with Crippen LogP contribution in [0.2, 0.25) is 10.0 Å². The molecule has 240 valence electrons. The number of benzene rings is 4. The van der Waals surface area contributed by atoms with Crippen LogP contribution >= 0.6 is 35.6 Å². The van der Waals surface area contributed by atoms with Gasteiger partial charge in [-0.15, -0.1) is 12.4 Å². The van der Waals surface area contributed by atoms with Crippen LogP contribution in [-0.2, 0) is 22.9 Å². The lowest BCUT2D eigenvalue weighted by atomic mass is 10.1. The number of fused-ring (bicyclic) bond motifs is 4. The third-order valence-corrected chi connectivity index (χ3v) is 9.03. The van der Waals surface area contributed by atoms with Crippen molar-refractivity contribution in [2.75, 3.05) is 39.6 Å². The molecule has 0 unspecified atom stereocenters. The lowest BCUT2D eigenvalue weighted by Crippen LogP contribution is -2.15. The average Bonchev–Trinajstić information content (AvgIpc) is 3.63. The summed E-state index contributed by atoms with van der Waals surface area (Å²) in [4.78, 5) is 21.8. The number of nitrogens with zero attached hydrogens (tertiary/aromatic N) is 6. The Morgan fingerprint density at radius 1 is 0.702 bits per heavy atom. The normalized spacial score (nSPS) is 13.5. The molecule has 4 aromatic carbocycles. The van der Waals surface area contributed by atoms with E-state index in [0.29, 0.717) is 21.9 Å². The quantitative estimate of drug-likeness (QED) is 0.181. The lowest BCUT2D eigenvalue weighted by molar-refractivity contribution is 0.607. The summed E-state index contributed by atoms with van der Waals surface area (Å²) in [5, 5.41) is 3.28. The molecule has 2 aromatic heterocycles. The van der Waals surface area contributed by atoms with Gasteiger partial charge in [-0.25, -0.2) is 28.4 Å². The van der Waals surface area contributed by atoms with Crippen molar-refractivity contribution in [2.24, 2.45) is 0 Å². The van der Waals surface area contributed by atoms with Gasteiger partial charge in [-0.3, -0.25) is 4.72 Å². The third-order valence-electron chi connectivity index (χ3n) is 7.96. The van der Waals surface area contributed by atoms with E-state index in [2.05, 4.69) is 40.5 Å². The van der Waals surface area contributed by atoms with E-state index in [1.165, 1.54) is 17.5 Å². The molecular formula is C33H29Cl3N8O2S. The molecule has 0 radical (unpaired) electrons. The van der Waals surface area contributed by atoms with Crippen LogP contribution in [0.3, 0.4) is 0 Å². The molecule has 8 rings (SSSR count). The van der Waals surface area contributed by atoms with E-state index < -0.39 is 10.0 Å². The molecule has 4 heterocycles. The maximum atomic E-state index is 11.4. The molecule has 2 aliphatic heterocycles. The van der Waals surface area contributed by atoms with E-state index in [4.69, 9.17) is 28.9 Å². The maximum absolute atomic E-state index is 11.4. The maximum Gasteiger partial charge on any atom is 0.229 e. The highest BCUT2D eigenvalue weighted by Gasteiger charge is 2.25. The van der Waals surface area contributed by atoms with E-state index in [1.54, 1.807) is 18.5 Å². The smallest absolute Gasteiger partial charge is 0.229 e. The Bertz CT molecular complexity index is 2250. The number of sulfonamides is 1. The Kier molecular flexibility index (Phi) is 8.99. The minimum absolute atomic E-state index is 0. The molecule has 3 N–H and O–H groups in total. The van der Waals surface area contributed by atoms with Crippen LogP contribution in [0.25, 0.3) is 21.8 Å². The van der Waals surface area contributed by atoms with Crippen molar-refractivity contribution in [2.45, 2.75) is 12.8 Å². The topological polar surface area (TPSA) is 130 Å². The number of aromatic nitrogens is 4. The zero-order valence-corrected chi connectivity index (χ0v) is 28.2. The number of anilines is 6. The Morgan fingerprint density at radius 2 is 1.21 bits per heavy atom. The summed E-state index contributed by atoms with van der Waals surface area (Å²) in [6.07, 6.45) is 6.11. The van der Waals surface area contributed by atoms with Crippen molar-refractivity contribution < 1.29 is 8.42 Å². The van der Waals surface area contributed by atoms with Crippen molar-refractivity contribution in [1.29, 1.82) is 0 Å². The van der Waals surface area contributed by atoms with Crippen molar-refractivity contribution >= 4 is 102 Å². The van der Waals surface area contributed by atoms with Crippen LogP contribution < -0.4 is 20.3 Å². The van der Waals surface area contributed by atoms with E-state index in [9.17, 15) is 8.42 Å². The monoisotopic (exact) mass is 706 g/mol. The zero-order chi connectivity index (χ0) is 32.0. The molecule has 47 heavy (non-hydrogen) atoms. The first-order valence-corrected chi connectivity index (χ1v) is 17.1. The fraction of sp³-hybridized carbons (Fsp3) is 0.152. The second-order valence-electron chi connectivity index (χ2n) is 11.1. The Hall–Kier alpha value is -4.42. The van der Waals surface area contributed by atoms with Crippen LogP contribution in [0, 0.1) is 0 Å². The summed E-state index contributed by atoms with van der Waals surface area (Å²) in [6.45, 7) is 1.71. The molecule has 0 atom stereocenters. The predicted octanol–water partition coefficient (Wildman–Crippen LogP) is 7.33. The van der Waals surface area contributed by atoms with Crippen LogP contribution in [0.15, 0.2) is 85.5 Å². The Labute approximate surface area is 288 Å². The highest BCUT2D eigenvalue weighted by molar-refractivity contribution is 7.92. The van der Waals surface area contributed by atoms with E-state index >= 15 is 0 Å². The highest BCUT2D eigenvalue weighted by atomic mass is 35.5. The summed E-state index contributed by atoms with van der Waals surface area (Å²) in [6, 6.07) is 22.9. The Balaban J connectivity index is 0.000000163. The van der Waals surface area contributed by atoms with Gasteiger partial charge in [0.25, 0.3) is 0 Å². The van der Waals surface area contributed by atoms with Crippen LogP contribution in [0.5, 0.6) is 0 Å². The van der Waals surface area contributed by atoms with Crippen LogP contribution in [0.1, 0.15) is 11.1 Å². The molecule has 14 heteroatoms. The van der Waals surface area contributed by atoms with Gasteiger partial charge in [0.15, 0.2) is 0 Å². The van der Waals surface area contributed by atoms with Crippen molar-refractivity contribution in [3.05, 3.63) is 107 Å². The largest absolute Gasteiger partial charge is 0.399 e. The first kappa shape index (κ1) is 32.5. The molecule has 10 nitrogen and oxygen atoms in total. The van der Waals surface area contributed by atoms with Crippen LogP contribution in [0.4, 0.5) is 34.4 Å². The molecule has 2 aliphatic rings. The lowest BCUT2D eigenvalue weighted by Gasteiger charge is -2.20. The number of hydrogen-bond donors (Lipinski definition) is 2. The molecule has 0 amide bonds. The van der Waals surface area contributed by atoms with Gasteiger partial charge in [0, 0.05) is 51.0 Å². The SMILES string of the molecule is CS(=O)(=O)Nc1ccc2c(N3CCc4ccc(Cl)cc43)ncnc2c1.Cl.Nc1ccc2c(N3CCc4ccc(Cl)cc43)ncnc2c1. The molecule has 0 saturated heterocycles. The van der Waals surface area contributed by atoms with Gasteiger partial charge in [-0.05, 0) is 84.6 Å². The fourth-order valence-corrected chi connectivity index (χ4v) is 6.84. The number of nitrogens with two attached hydrogens (primary N) is 1. The first-order valence-electron chi connectivity index (χ1n) is 14.5. The fourth-order valence-electron chi connectivity index (χ4n) is 5.96. The van der Waals surface area contributed by atoms with Gasteiger partial charge < -0.3 is 15.5 Å². The van der Waals surface area contributed by atoms with Crippen LogP contribution in [-0.4, -0.2) is 47.7 Å². The number of halogens is 3. The summed E-state index contributed by atoms with van der Waals surface area (Å²) >= 11 is 12.3. The zero-order valence-electron chi connectivity index (χ0n) is 25.1. The summed E-state index contributed by atoms with van der Waals surface area (Å²) in [5.41, 5.74) is 13.2. The molecule has 0 spiro atoms. The molecule has 0 bridgehead atoms. The summed E-state index contributed by atoms with van der Waals surface area (Å²) in [7, 11) is -3.33. The molecular weight excluding hydrogens is 679 g/mol. The molecule has 0 aliphatic carbocycles. The summed E-state index contributed by atoms with van der Waals surface area (Å²) < 4.78 is 25.3. The minimum Gasteiger partial charge on any atom is -0.399 e. The number of nitrogens with one attached hydrogen (secondary N) is 1. The van der Waals surface area contributed by atoms with Crippen molar-refractivity contribution in [3.8, 4) is 0 Å². The number of nitrogen functional groups attached to an aromatic ring is 1. The standard InChI is InChI=1S/C17H15ClN4O2S.C16H13ClN4.ClH/c1-25(23,24)21-13-4-5-14-15(9-13)19-10-20-17(14)22-7-6-11-2-3-12(18)8-16(11)22;17-11-2-1-10-5-6-21(15(10)7-11)16-13-4-3-12(18)8-14(13)19-9-20-16;/h2-5,8-10,21H,6-7H2,1H3;1-4,7-9H,5-6,18H2;1H. The summed E-state index contributed by atoms with van der Waals surface area (Å²) in [5.74, 6) is 1.69. The van der Waals surface area contributed by atoms with Gasteiger partial charge in [-0.2, -0.15) is 0 Å². The van der Waals surface area contributed by atoms with Gasteiger partial charge in [0.1, 0.15) is 24.3 Å². The van der Waals surface area contributed by atoms with Gasteiger partial charge in [-0.1, -0.05) is 35.3 Å². The van der Waals surface area contributed by atoms with Gasteiger partial charge in [0.2, 0.25) is 10.0 Å².